The number of hydrogen-bond acceptors (Lipinski definition) is 0. The van der Waals surface area contributed by atoms with Crippen LogP contribution in [0.25, 0.3) is 0 Å². The van der Waals surface area contributed by atoms with E-state index in [4.69, 9.17) is 0 Å². The smallest absolute Gasteiger partial charge is 0.00174 e. The minimum absolute atomic E-state index is 0.833. The van der Waals surface area contributed by atoms with Crippen molar-refractivity contribution in [3.63, 3.8) is 0 Å². The highest BCUT2D eigenvalue weighted by Gasteiger charge is 2.29. The molecule has 0 amide bonds. The summed E-state index contributed by atoms with van der Waals surface area (Å²) in [5, 5.41) is 0. The van der Waals surface area contributed by atoms with Crippen molar-refractivity contribution in [3.05, 3.63) is 36.0 Å². The molecular formula is C16H26. The van der Waals surface area contributed by atoms with Gasteiger partial charge >= 0.3 is 0 Å². The van der Waals surface area contributed by atoms with Crippen molar-refractivity contribution in [2.45, 2.75) is 52.9 Å². The molecule has 0 aromatic carbocycles. The highest BCUT2D eigenvalue weighted by molar-refractivity contribution is 5.26. The molecule has 2 aliphatic rings. The Morgan fingerprint density at radius 3 is 2.50 bits per heavy atom. The molecule has 0 radical (unpaired) electrons. The number of rotatable bonds is 3. The molecule has 2 aliphatic carbocycles. The van der Waals surface area contributed by atoms with Gasteiger partial charge in [0.25, 0.3) is 0 Å². The van der Waals surface area contributed by atoms with E-state index in [1.165, 1.54) is 32.1 Å². The molecule has 0 spiro atoms. The van der Waals surface area contributed by atoms with Gasteiger partial charge in [-0.05, 0) is 44.9 Å². The number of unbranched alkanes of at least 4 members (excludes halogenated alkanes) is 2. The molecule has 0 saturated heterocycles. The minimum Gasteiger partial charge on any atom is -0.0917 e. The van der Waals surface area contributed by atoms with Crippen LogP contribution in [0, 0.1) is 11.8 Å². The zero-order valence-corrected chi connectivity index (χ0v) is 11.1. The van der Waals surface area contributed by atoms with Crippen molar-refractivity contribution in [1.82, 2.24) is 0 Å². The average Bonchev–Trinajstić information content (AvgIpc) is 2.92. The van der Waals surface area contributed by atoms with Gasteiger partial charge in [-0.25, -0.2) is 0 Å². The van der Waals surface area contributed by atoms with Crippen molar-refractivity contribution < 1.29 is 0 Å². The molecule has 1 saturated carbocycles. The van der Waals surface area contributed by atoms with E-state index in [2.05, 4.69) is 51.2 Å². The summed E-state index contributed by atoms with van der Waals surface area (Å²) in [6, 6.07) is 0. The van der Waals surface area contributed by atoms with E-state index in [0.29, 0.717) is 0 Å². The van der Waals surface area contributed by atoms with Gasteiger partial charge < -0.3 is 0 Å². The molecule has 2 rings (SSSR count). The van der Waals surface area contributed by atoms with Crippen molar-refractivity contribution in [3.8, 4) is 0 Å². The van der Waals surface area contributed by atoms with E-state index >= 15 is 0 Å². The molecule has 0 heteroatoms. The third kappa shape index (κ3) is 4.00. The maximum absolute atomic E-state index is 2.37. The second-order valence-corrected chi connectivity index (χ2v) is 4.77. The number of fused-ring (bicyclic) bond motifs is 2. The standard InChI is InChI=1S/C9H12.C7H14/c1-2-8-5-7-3-4-9(8)6-7;1-3-5-7-6-4-2/h2-4,7,9H,5-6H2,1H3;3,5H,4,6-7H2,1-2H3. The van der Waals surface area contributed by atoms with Crippen molar-refractivity contribution in [1.29, 1.82) is 0 Å². The summed E-state index contributed by atoms with van der Waals surface area (Å²) in [6.45, 7) is 6.43. The average molecular weight is 218 g/mol. The first kappa shape index (κ1) is 13.3. The Kier molecular flexibility index (Phi) is 6.22. The molecular weight excluding hydrogens is 192 g/mol. The second-order valence-electron chi connectivity index (χ2n) is 4.77. The Hall–Kier alpha value is -0.780. The van der Waals surface area contributed by atoms with Gasteiger partial charge in [0.15, 0.2) is 0 Å². The fourth-order valence-electron chi connectivity index (χ4n) is 2.48. The van der Waals surface area contributed by atoms with Crippen LogP contribution in [0.3, 0.4) is 0 Å². The van der Waals surface area contributed by atoms with E-state index < -0.39 is 0 Å². The monoisotopic (exact) mass is 218 g/mol. The largest absolute Gasteiger partial charge is 0.0917 e. The molecule has 16 heavy (non-hydrogen) atoms. The lowest BCUT2D eigenvalue weighted by molar-refractivity contribution is 0.693. The quantitative estimate of drug-likeness (QED) is 0.446. The molecule has 0 aromatic rings. The normalized spacial score (nSPS) is 28.8. The molecule has 0 heterocycles. The Morgan fingerprint density at radius 1 is 1.31 bits per heavy atom. The van der Waals surface area contributed by atoms with Gasteiger partial charge in [0.05, 0.1) is 0 Å². The Balaban J connectivity index is 0.000000168. The third-order valence-corrected chi connectivity index (χ3v) is 3.48. The van der Waals surface area contributed by atoms with Crippen molar-refractivity contribution in [2.75, 3.05) is 0 Å². The van der Waals surface area contributed by atoms with Gasteiger partial charge in [0.2, 0.25) is 0 Å². The van der Waals surface area contributed by atoms with Gasteiger partial charge in [-0.2, -0.15) is 0 Å². The zero-order valence-electron chi connectivity index (χ0n) is 11.1. The molecule has 0 nitrogen and oxygen atoms in total. The van der Waals surface area contributed by atoms with Crippen LogP contribution in [0.4, 0.5) is 0 Å². The molecule has 2 unspecified atom stereocenters. The molecule has 2 atom stereocenters. The summed E-state index contributed by atoms with van der Waals surface area (Å²) in [4.78, 5) is 0. The van der Waals surface area contributed by atoms with Crippen LogP contribution in [0.5, 0.6) is 0 Å². The van der Waals surface area contributed by atoms with Crippen molar-refractivity contribution >= 4 is 0 Å². The maximum Gasteiger partial charge on any atom is -0.00174 e. The molecule has 90 valence electrons. The third-order valence-electron chi connectivity index (χ3n) is 3.48. The Bertz CT molecular complexity index is 268. The summed E-state index contributed by atoms with van der Waals surface area (Å²) in [5.41, 5.74) is 1.67. The number of allylic oxidation sites excluding steroid dienone is 6. The summed E-state index contributed by atoms with van der Waals surface area (Å²) in [5.74, 6) is 1.74. The molecule has 0 aromatic heterocycles. The molecule has 0 N–H and O–H groups in total. The molecule has 2 bridgehead atoms. The van der Waals surface area contributed by atoms with Gasteiger partial charge in [0.1, 0.15) is 0 Å². The van der Waals surface area contributed by atoms with Crippen LogP contribution >= 0.6 is 0 Å². The number of hydrogen-bond donors (Lipinski definition) is 0. The Labute approximate surface area is 101 Å². The van der Waals surface area contributed by atoms with Crippen molar-refractivity contribution in [2.24, 2.45) is 11.8 Å². The lowest BCUT2D eigenvalue weighted by atomic mass is 10.0. The lowest BCUT2D eigenvalue weighted by Gasteiger charge is -2.05. The summed E-state index contributed by atoms with van der Waals surface area (Å²) in [7, 11) is 0. The maximum atomic E-state index is 2.37. The van der Waals surface area contributed by atoms with Crippen LogP contribution in [-0.4, -0.2) is 0 Å². The van der Waals surface area contributed by atoms with Gasteiger partial charge in [-0.3, -0.25) is 0 Å². The van der Waals surface area contributed by atoms with Crippen LogP contribution < -0.4 is 0 Å². The summed E-state index contributed by atoms with van der Waals surface area (Å²) in [6.07, 6.45) is 18.0. The predicted octanol–water partition coefficient (Wildman–Crippen LogP) is 5.28. The highest BCUT2D eigenvalue weighted by Crippen LogP contribution is 2.42. The Morgan fingerprint density at radius 2 is 2.12 bits per heavy atom. The van der Waals surface area contributed by atoms with Crippen LogP contribution in [-0.2, 0) is 0 Å². The first-order chi connectivity index (χ1) is 7.81. The molecule has 1 fully saturated rings. The fourth-order valence-corrected chi connectivity index (χ4v) is 2.48. The lowest BCUT2D eigenvalue weighted by Crippen LogP contribution is -1.90. The first-order valence-corrected chi connectivity index (χ1v) is 6.76. The molecule has 0 aliphatic heterocycles. The van der Waals surface area contributed by atoms with E-state index in [-0.39, 0.29) is 0 Å². The highest BCUT2D eigenvalue weighted by atomic mass is 14.3. The van der Waals surface area contributed by atoms with Gasteiger partial charge in [-0.1, -0.05) is 55.7 Å². The second kappa shape index (κ2) is 7.49. The van der Waals surface area contributed by atoms with Gasteiger partial charge in [-0.15, -0.1) is 0 Å². The topological polar surface area (TPSA) is 0 Å². The van der Waals surface area contributed by atoms with E-state index in [9.17, 15) is 0 Å². The SMILES string of the molecule is CC=C1CC2C=CC1C2.CC=CCCCC. The first-order valence-electron chi connectivity index (χ1n) is 6.76. The van der Waals surface area contributed by atoms with Crippen LogP contribution in [0.15, 0.2) is 36.0 Å². The van der Waals surface area contributed by atoms with E-state index in [1.54, 1.807) is 5.57 Å². The zero-order chi connectivity index (χ0) is 11.8. The van der Waals surface area contributed by atoms with E-state index in [1.807, 2.05) is 0 Å². The fraction of sp³-hybridized carbons (Fsp3) is 0.625. The summed E-state index contributed by atoms with van der Waals surface area (Å²) >= 11 is 0. The van der Waals surface area contributed by atoms with Crippen LogP contribution in [0.2, 0.25) is 0 Å². The van der Waals surface area contributed by atoms with Crippen LogP contribution in [0.1, 0.15) is 52.9 Å². The van der Waals surface area contributed by atoms with Gasteiger partial charge in [0, 0.05) is 0 Å². The minimum atomic E-state index is 0.833. The predicted molar refractivity (Wildman–Crippen MR) is 73.5 cm³/mol. The van der Waals surface area contributed by atoms with E-state index in [0.717, 1.165) is 11.8 Å². The summed E-state index contributed by atoms with van der Waals surface area (Å²) < 4.78 is 0.